The summed E-state index contributed by atoms with van der Waals surface area (Å²) >= 11 is 0. The first kappa shape index (κ1) is 25.7. The Morgan fingerprint density at radius 1 is 1.21 bits per heavy atom. The van der Waals surface area contributed by atoms with Gasteiger partial charge in [-0.25, -0.2) is 13.8 Å². The molecule has 2 aliphatic rings. The van der Waals surface area contributed by atoms with E-state index in [-0.39, 0.29) is 36.3 Å². The van der Waals surface area contributed by atoms with E-state index in [1.165, 1.54) is 19.1 Å². The van der Waals surface area contributed by atoms with Crippen molar-refractivity contribution in [1.82, 2.24) is 34.7 Å². The largest absolute Gasteiger partial charge is 0.456 e. The Morgan fingerprint density at radius 3 is 2.66 bits per heavy atom. The third kappa shape index (κ3) is 5.07. The normalized spacial score (nSPS) is 18.6. The number of nitrogens with zero attached hydrogens (tertiary/aromatic N) is 6. The first-order valence-corrected chi connectivity index (χ1v) is 12.7. The molecule has 38 heavy (non-hydrogen) atoms. The number of nitrogens with one attached hydrogen (secondary N) is 1. The summed E-state index contributed by atoms with van der Waals surface area (Å²) in [5, 5.41) is 13.1. The molecule has 12 heteroatoms. The number of amides is 1. The average molecular weight is 526 g/mol. The van der Waals surface area contributed by atoms with Crippen LogP contribution in [0, 0.1) is 0 Å². The number of fused-ring (bicyclic) bond motifs is 1. The van der Waals surface area contributed by atoms with Crippen LogP contribution in [-0.2, 0) is 14.3 Å². The molecule has 4 heterocycles. The minimum atomic E-state index is -1.38. The number of allylic oxidation sites excluding steroid dienone is 4. The number of aromatic nitrogens is 6. The lowest BCUT2D eigenvalue weighted by Gasteiger charge is -2.31. The number of hydrogen-bond donors (Lipinski definition) is 1. The molecule has 200 valence electrons. The highest BCUT2D eigenvalue weighted by Crippen LogP contribution is 2.37. The smallest absolute Gasteiger partial charge is 0.303 e. The van der Waals surface area contributed by atoms with Crippen molar-refractivity contribution < 1.29 is 23.1 Å². The van der Waals surface area contributed by atoms with Crippen molar-refractivity contribution in [1.29, 1.82) is 0 Å². The molecule has 0 aromatic carbocycles. The lowest BCUT2D eigenvalue weighted by Crippen LogP contribution is -2.40. The number of rotatable bonds is 6. The van der Waals surface area contributed by atoms with Gasteiger partial charge in [0.2, 0.25) is 0 Å². The zero-order chi connectivity index (χ0) is 27.0. The number of carbonyl (C=O) groups excluding carboxylic acids is 2. The minimum Gasteiger partial charge on any atom is -0.456 e. The number of likely N-dealkylation sites (tertiary alicyclic amines) is 1. The summed E-state index contributed by atoms with van der Waals surface area (Å²) in [4.78, 5) is 33.2. The van der Waals surface area contributed by atoms with Crippen LogP contribution < -0.4 is 0 Å². The molecule has 0 bridgehead atoms. The number of imidazole rings is 1. The molecular formula is C26H29F2N7O3. The van der Waals surface area contributed by atoms with Crippen LogP contribution in [-0.4, -0.2) is 72.4 Å². The maximum absolute atomic E-state index is 15.0. The van der Waals surface area contributed by atoms with E-state index in [1.54, 1.807) is 21.5 Å². The van der Waals surface area contributed by atoms with Crippen molar-refractivity contribution in [2.75, 3.05) is 19.7 Å². The Labute approximate surface area is 217 Å². The van der Waals surface area contributed by atoms with Gasteiger partial charge in [0.25, 0.3) is 5.91 Å². The van der Waals surface area contributed by atoms with Gasteiger partial charge in [-0.1, -0.05) is 19.9 Å². The minimum absolute atomic E-state index is 0.0182. The van der Waals surface area contributed by atoms with Crippen molar-refractivity contribution in [3.63, 3.8) is 0 Å². The number of ether oxygens (including phenoxy) is 1. The Morgan fingerprint density at radius 2 is 1.97 bits per heavy atom. The number of halogens is 2. The van der Waals surface area contributed by atoms with Crippen molar-refractivity contribution in [2.24, 2.45) is 0 Å². The highest BCUT2D eigenvalue weighted by atomic mass is 19.1. The molecule has 1 saturated heterocycles. The lowest BCUT2D eigenvalue weighted by atomic mass is 9.96. The molecule has 1 aliphatic heterocycles. The van der Waals surface area contributed by atoms with E-state index in [4.69, 9.17) is 14.8 Å². The van der Waals surface area contributed by atoms with E-state index >= 15 is 0 Å². The molecule has 0 saturated carbocycles. The molecule has 5 rings (SSSR count). The van der Waals surface area contributed by atoms with Crippen LogP contribution in [0.25, 0.3) is 22.6 Å². The zero-order valence-corrected chi connectivity index (χ0v) is 21.4. The first-order chi connectivity index (χ1) is 18.2. The molecular weight excluding hydrogens is 496 g/mol. The fourth-order valence-electron chi connectivity index (χ4n) is 4.77. The molecule has 3 aromatic heterocycles. The number of carbonyl (C=O) groups is 2. The predicted octanol–water partition coefficient (Wildman–Crippen LogP) is 3.89. The van der Waals surface area contributed by atoms with Crippen molar-refractivity contribution in [2.45, 2.75) is 58.0 Å². The van der Waals surface area contributed by atoms with Gasteiger partial charge in [-0.15, -0.1) is 10.2 Å². The van der Waals surface area contributed by atoms with Gasteiger partial charge < -0.3 is 14.6 Å². The summed E-state index contributed by atoms with van der Waals surface area (Å²) in [6, 6.07) is 3.56. The van der Waals surface area contributed by atoms with Crippen LogP contribution in [0.4, 0.5) is 8.78 Å². The van der Waals surface area contributed by atoms with Crippen LogP contribution >= 0.6 is 0 Å². The topological polar surface area (TPSA) is 118 Å². The average Bonchev–Trinajstić information content (AvgIpc) is 3.52. The van der Waals surface area contributed by atoms with Crippen LogP contribution in [0.15, 0.2) is 30.1 Å². The number of H-pyrrole nitrogens is 1. The van der Waals surface area contributed by atoms with Crippen LogP contribution in [0.3, 0.4) is 0 Å². The van der Waals surface area contributed by atoms with Crippen molar-refractivity contribution in [3.8, 4) is 11.4 Å². The summed E-state index contributed by atoms with van der Waals surface area (Å²) in [6.45, 7) is 5.92. The lowest BCUT2D eigenvalue weighted by molar-refractivity contribution is -0.150. The van der Waals surface area contributed by atoms with Gasteiger partial charge in [0.15, 0.2) is 18.1 Å². The predicted molar refractivity (Wildman–Crippen MR) is 134 cm³/mol. The van der Waals surface area contributed by atoms with Gasteiger partial charge in [-0.3, -0.25) is 9.59 Å². The summed E-state index contributed by atoms with van der Waals surface area (Å²) in [6.07, 6.45) is 2.28. The molecule has 1 unspecified atom stereocenters. The highest BCUT2D eigenvalue weighted by Gasteiger charge is 2.29. The van der Waals surface area contributed by atoms with Gasteiger partial charge in [-0.05, 0) is 31.1 Å². The molecule has 1 N–H and O–H groups in total. The van der Waals surface area contributed by atoms with E-state index in [1.807, 2.05) is 13.8 Å². The number of alkyl halides is 1. The summed E-state index contributed by atoms with van der Waals surface area (Å²) < 4.78 is 35.3. The third-order valence-corrected chi connectivity index (χ3v) is 6.81. The Balaban J connectivity index is 1.48. The Kier molecular flexibility index (Phi) is 7.04. The zero-order valence-electron chi connectivity index (χ0n) is 21.4. The van der Waals surface area contributed by atoms with E-state index < -0.39 is 18.0 Å². The summed E-state index contributed by atoms with van der Waals surface area (Å²) in [5.41, 5.74) is 2.22. The molecule has 1 aliphatic carbocycles. The Bertz CT molecular complexity index is 1430. The number of hydrogen-bond acceptors (Lipinski definition) is 7. The standard InChI is InChI=1S/C26H29F2N7O3/c1-14(2)26-32-31-21-7-6-20(33-35(21)26)24-23(18-5-4-17(27)12-19(18)28)29-25(30-24)16-8-10-34(11-9-16)22(37)13-38-15(3)36/h4-7,14,16-17H,8-13H2,1-3H3,(H,29,30). The fourth-order valence-corrected chi connectivity index (χ4v) is 4.77. The van der Waals surface area contributed by atoms with Gasteiger partial charge in [0.05, 0.1) is 5.69 Å². The van der Waals surface area contributed by atoms with E-state index in [2.05, 4.69) is 15.2 Å². The number of piperidine rings is 1. The van der Waals surface area contributed by atoms with E-state index in [0.717, 1.165) is 0 Å². The fraction of sp³-hybridized carbons (Fsp3) is 0.462. The van der Waals surface area contributed by atoms with Crippen LogP contribution in [0.1, 0.15) is 69.2 Å². The second-order valence-electron chi connectivity index (χ2n) is 9.88. The van der Waals surface area contributed by atoms with Gasteiger partial charge >= 0.3 is 5.97 Å². The monoisotopic (exact) mass is 525 g/mol. The summed E-state index contributed by atoms with van der Waals surface area (Å²) in [5.74, 6) is 0.0901. The molecule has 10 nitrogen and oxygen atoms in total. The SMILES string of the molecule is CC(=O)OCC(=O)N1CCC(c2nc(C3=C(F)CC(F)C=C3)c(-c3ccc4nnc(C(C)C)n4n3)[nH]2)CC1. The number of aromatic amines is 1. The van der Waals surface area contributed by atoms with E-state index in [9.17, 15) is 18.4 Å². The number of esters is 1. The van der Waals surface area contributed by atoms with Crippen LogP contribution in [0.5, 0.6) is 0 Å². The molecule has 3 aromatic rings. The van der Waals surface area contributed by atoms with Crippen molar-refractivity contribution >= 4 is 23.1 Å². The van der Waals surface area contributed by atoms with Gasteiger partial charge in [0, 0.05) is 43.8 Å². The molecule has 1 fully saturated rings. The maximum atomic E-state index is 15.0. The molecule has 0 spiro atoms. The maximum Gasteiger partial charge on any atom is 0.303 e. The Hall–Kier alpha value is -3.96. The molecule has 0 radical (unpaired) electrons. The summed E-state index contributed by atoms with van der Waals surface area (Å²) in [7, 11) is 0. The second-order valence-corrected chi connectivity index (χ2v) is 9.88. The quantitative estimate of drug-likeness (QED) is 0.485. The van der Waals surface area contributed by atoms with Gasteiger partial charge in [0.1, 0.15) is 29.2 Å². The van der Waals surface area contributed by atoms with Crippen molar-refractivity contribution in [3.05, 3.63) is 47.5 Å². The first-order valence-electron chi connectivity index (χ1n) is 12.7. The van der Waals surface area contributed by atoms with Crippen LogP contribution in [0.2, 0.25) is 0 Å². The molecule has 1 amide bonds. The highest BCUT2D eigenvalue weighted by molar-refractivity contribution is 5.83. The third-order valence-electron chi connectivity index (χ3n) is 6.81. The molecule has 1 atom stereocenters. The van der Waals surface area contributed by atoms with E-state index in [0.29, 0.717) is 60.3 Å². The van der Waals surface area contributed by atoms with Gasteiger partial charge in [-0.2, -0.15) is 9.61 Å². The second kappa shape index (κ2) is 10.4.